The van der Waals surface area contributed by atoms with Gasteiger partial charge in [-0.1, -0.05) is 38.8 Å². The Morgan fingerprint density at radius 3 is 2.22 bits per heavy atom. The Morgan fingerprint density at radius 2 is 1.61 bits per heavy atom. The molecule has 36 heavy (non-hydrogen) atoms. The van der Waals surface area contributed by atoms with Gasteiger partial charge in [0.1, 0.15) is 11.5 Å². The number of hydrogen-bond acceptors (Lipinski definition) is 5. The van der Waals surface area contributed by atoms with Crippen molar-refractivity contribution in [3.8, 4) is 11.5 Å². The minimum absolute atomic E-state index is 0.00471. The molecule has 2 saturated carbocycles. The lowest BCUT2D eigenvalue weighted by Gasteiger charge is -2.66. The van der Waals surface area contributed by atoms with Gasteiger partial charge in [0.2, 0.25) is 0 Å². The summed E-state index contributed by atoms with van der Waals surface area (Å²) in [5.41, 5.74) is 0.530. The number of aliphatic carboxylic acids is 1. The fourth-order valence-electron chi connectivity index (χ4n) is 9.38. The van der Waals surface area contributed by atoms with Gasteiger partial charge in [-0.05, 0) is 74.3 Å². The first-order valence-corrected chi connectivity index (χ1v) is 13.2. The van der Waals surface area contributed by atoms with Crippen LogP contribution in [0.2, 0.25) is 0 Å². The Morgan fingerprint density at radius 1 is 0.972 bits per heavy atom. The number of benzene rings is 1. The van der Waals surface area contributed by atoms with E-state index in [1.165, 1.54) is 17.7 Å². The molecule has 1 aromatic carbocycles. The average molecular weight is 491 g/mol. The van der Waals surface area contributed by atoms with Crippen LogP contribution in [0, 0.1) is 28.6 Å². The molecule has 3 N–H and O–H groups in total. The van der Waals surface area contributed by atoms with Crippen molar-refractivity contribution in [3.05, 3.63) is 46.1 Å². The van der Waals surface area contributed by atoms with E-state index in [4.69, 9.17) is 0 Å². The molecule has 6 nitrogen and oxygen atoms in total. The number of fused-ring (bicyclic) bond motifs is 2. The number of phenolic OH excluding ortho intramolecular Hbond substituents is 2. The summed E-state index contributed by atoms with van der Waals surface area (Å²) >= 11 is 0. The van der Waals surface area contributed by atoms with Crippen LogP contribution < -0.4 is 0 Å². The summed E-state index contributed by atoms with van der Waals surface area (Å²) in [4.78, 5) is 38.2. The van der Waals surface area contributed by atoms with Crippen LogP contribution in [0.15, 0.2) is 23.8 Å². The van der Waals surface area contributed by atoms with Gasteiger partial charge in [-0.15, -0.1) is 0 Å². The largest absolute Gasteiger partial charge is 0.507 e. The quantitative estimate of drug-likeness (QED) is 0.364. The molecule has 1 spiro atoms. The van der Waals surface area contributed by atoms with Crippen LogP contribution in [0.1, 0.15) is 104 Å². The van der Waals surface area contributed by atoms with E-state index in [9.17, 15) is 29.7 Å². The maximum atomic E-state index is 12.9. The third kappa shape index (κ3) is 2.55. The molecule has 1 aromatic rings. The molecule has 190 valence electrons. The minimum Gasteiger partial charge on any atom is -0.507 e. The van der Waals surface area contributed by atoms with Crippen LogP contribution in [0.25, 0.3) is 0 Å². The Hall–Kier alpha value is -2.89. The Labute approximate surface area is 211 Å². The summed E-state index contributed by atoms with van der Waals surface area (Å²) in [7, 11) is 0. The van der Waals surface area contributed by atoms with E-state index in [1.54, 1.807) is 0 Å². The molecular formula is C30H34O6. The van der Waals surface area contributed by atoms with Crippen LogP contribution in [0.3, 0.4) is 0 Å². The predicted octanol–water partition coefficient (Wildman–Crippen LogP) is 5.66. The SMILES string of the molecule is CC(C)C1=C[C@@]23CC[C@@H]4[C@](C)(CCC[C@@]4(C)C(=O)O)[C@H]2C[C@@H]1c1c(O)c2c(c(O)c13)C(=O)C=CC2=O. The van der Waals surface area contributed by atoms with Gasteiger partial charge >= 0.3 is 5.97 Å². The van der Waals surface area contributed by atoms with E-state index < -0.39 is 28.4 Å². The van der Waals surface area contributed by atoms with Crippen molar-refractivity contribution >= 4 is 17.5 Å². The summed E-state index contributed by atoms with van der Waals surface area (Å²) in [5, 5.41) is 33.5. The molecule has 0 saturated heterocycles. The lowest BCUT2D eigenvalue weighted by atomic mass is 9.37. The molecule has 0 heterocycles. The third-order valence-electron chi connectivity index (χ3n) is 10.9. The van der Waals surface area contributed by atoms with E-state index >= 15 is 0 Å². The summed E-state index contributed by atoms with van der Waals surface area (Å²) in [6.07, 6.45) is 9.10. The van der Waals surface area contributed by atoms with Crippen LogP contribution in [-0.4, -0.2) is 32.9 Å². The number of carboxylic acid groups (broad SMARTS) is 1. The molecule has 6 atom stereocenters. The molecule has 7 rings (SSSR count). The van der Waals surface area contributed by atoms with Crippen molar-refractivity contribution in [1.82, 2.24) is 0 Å². The van der Waals surface area contributed by atoms with Crippen LogP contribution in [0.5, 0.6) is 11.5 Å². The van der Waals surface area contributed by atoms with Crippen molar-refractivity contribution < 1.29 is 29.7 Å². The Bertz CT molecular complexity index is 1320. The number of ketones is 2. The minimum atomic E-state index is -0.800. The topological polar surface area (TPSA) is 112 Å². The van der Waals surface area contributed by atoms with Gasteiger partial charge in [0.15, 0.2) is 11.6 Å². The highest BCUT2D eigenvalue weighted by Gasteiger charge is 2.67. The number of aromatic hydroxyl groups is 2. The number of carbonyl (C=O) groups is 3. The number of phenols is 2. The highest BCUT2D eigenvalue weighted by molar-refractivity contribution is 6.24. The van der Waals surface area contributed by atoms with Crippen LogP contribution in [0.4, 0.5) is 0 Å². The van der Waals surface area contributed by atoms with Crippen LogP contribution in [-0.2, 0) is 10.2 Å². The van der Waals surface area contributed by atoms with Gasteiger partial charge in [-0.25, -0.2) is 0 Å². The second-order valence-electron chi connectivity index (χ2n) is 12.7. The summed E-state index contributed by atoms with van der Waals surface area (Å²) in [6.45, 7) is 8.38. The Balaban J connectivity index is 1.64. The zero-order valence-corrected chi connectivity index (χ0v) is 21.4. The zero-order valence-electron chi connectivity index (χ0n) is 21.4. The first-order chi connectivity index (χ1) is 16.9. The van der Waals surface area contributed by atoms with Gasteiger partial charge in [0.25, 0.3) is 0 Å². The van der Waals surface area contributed by atoms with Gasteiger partial charge in [0.05, 0.1) is 16.5 Å². The summed E-state index contributed by atoms with van der Waals surface area (Å²) < 4.78 is 0. The van der Waals surface area contributed by atoms with Crippen molar-refractivity contribution in [2.24, 2.45) is 28.6 Å². The second-order valence-corrected chi connectivity index (χ2v) is 12.7. The fraction of sp³-hybridized carbons (Fsp3) is 0.567. The van der Waals surface area contributed by atoms with E-state index in [1.807, 2.05) is 6.92 Å². The monoisotopic (exact) mass is 490 g/mol. The third-order valence-corrected chi connectivity index (χ3v) is 10.9. The number of allylic oxidation sites excluding steroid dienone is 4. The molecule has 6 heteroatoms. The molecule has 2 bridgehead atoms. The highest BCUT2D eigenvalue weighted by atomic mass is 16.4. The maximum Gasteiger partial charge on any atom is 0.309 e. The standard InChI is InChI=1S/C30H34O6/c1-14(2)16-13-30-11-8-19-28(3,9-5-10-29(19,4)27(35)36)20(30)12-15(16)21-24(30)26(34)23-18(32)7-6-17(31)22(23)25(21)33/h6-7,13-15,19-20,33-34H,5,8-12H2,1-4H3,(H,35,36)/t15-,19+,20+,28-,29+,30-/m0/s1. The van der Waals surface area contributed by atoms with Crippen LogP contribution >= 0.6 is 0 Å². The van der Waals surface area contributed by atoms with E-state index in [0.717, 1.165) is 19.3 Å². The summed E-state index contributed by atoms with van der Waals surface area (Å²) in [6, 6.07) is 0. The van der Waals surface area contributed by atoms with Gasteiger partial charge < -0.3 is 15.3 Å². The van der Waals surface area contributed by atoms with Crippen molar-refractivity contribution in [3.63, 3.8) is 0 Å². The molecule has 0 radical (unpaired) electrons. The summed E-state index contributed by atoms with van der Waals surface area (Å²) in [5.74, 6) is -1.93. The molecule has 0 aliphatic heterocycles. The predicted molar refractivity (Wildman–Crippen MR) is 133 cm³/mol. The first-order valence-electron chi connectivity index (χ1n) is 13.2. The van der Waals surface area contributed by atoms with E-state index in [0.29, 0.717) is 30.4 Å². The number of rotatable bonds is 2. The lowest BCUT2D eigenvalue weighted by molar-refractivity contribution is -0.171. The van der Waals surface area contributed by atoms with E-state index in [2.05, 4.69) is 26.8 Å². The molecular weight excluding hydrogens is 456 g/mol. The smallest absolute Gasteiger partial charge is 0.309 e. The van der Waals surface area contributed by atoms with Crippen molar-refractivity contribution in [1.29, 1.82) is 0 Å². The van der Waals surface area contributed by atoms with Gasteiger partial charge in [-0.3, -0.25) is 14.4 Å². The normalized spacial score (nSPS) is 38.2. The molecule has 2 fully saturated rings. The molecule has 0 amide bonds. The fourth-order valence-corrected chi connectivity index (χ4v) is 9.38. The molecule has 0 aromatic heterocycles. The zero-order chi connectivity index (χ0) is 25.9. The number of hydrogen-bond donors (Lipinski definition) is 3. The number of carboxylic acids is 1. The molecule has 6 aliphatic rings. The Kier molecular flexibility index (Phi) is 4.64. The van der Waals surface area contributed by atoms with E-state index in [-0.39, 0.29) is 51.7 Å². The average Bonchev–Trinajstić information content (AvgIpc) is 2.82. The second kappa shape index (κ2) is 7.11. The first kappa shape index (κ1) is 23.5. The lowest BCUT2D eigenvalue weighted by Crippen LogP contribution is -2.61. The molecule has 0 unspecified atom stereocenters. The molecule has 6 aliphatic carbocycles. The number of carbonyl (C=O) groups excluding carboxylic acids is 2. The van der Waals surface area contributed by atoms with Gasteiger partial charge in [-0.2, -0.15) is 0 Å². The van der Waals surface area contributed by atoms with Crippen molar-refractivity contribution in [2.45, 2.75) is 77.6 Å². The highest BCUT2D eigenvalue weighted by Crippen LogP contribution is 2.73. The van der Waals surface area contributed by atoms with Gasteiger partial charge in [0, 0.05) is 22.5 Å². The maximum absolute atomic E-state index is 12.9. The van der Waals surface area contributed by atoms with Crippen molar-refractivity contribution in [2.75, 3.05) is 0 Å².